The molecule has 0 spiro atoms. The maximum absolute atomic E-state index is 6.87. The highest BCUT2D eigenvalue weighted by Crippen LogP contribution is 2.45. The van der Waals surface area contributed by atoms with Gasteiger partial charge in [-0.15, -0.1) is 11.3 Å². The first-order chi connectivity index (χ1) is 15.9. The van der Waals surface area contributed by atoms with E-state index < -0.39 is 0 Å². The molecule has 0 amide bonds. The van der Waals surface area contributed by atoms with E-state index in [1.54, 1.807) is 11.3 Å². The van der Waals surface area contributed by atoms with Crippen molar-refractivity contribution in [3.8, 4) is 0 Å². The van der Waals surface area contributed by atoms with Gasteiger partial charge in [-0.05, 0) is 72.9 Å². The Morgan fingerprint density at radius 2 is 1.85 bits per heavy atom. The molecular weight excluding hydrogens is 491 g/mol. The van der Waals surface area contributed by atoms with Crippen molar-refractivity contribution in [2.24, 2.45) is 11.8 Å². The predicted octanol–water partition coefficient (Wildman–Crippen LogP) is 7.11. The summed E-state index contributed by atoms with van der Waals surface area (Å²) in [6.07, 6.45) is 3.08. The van der Waals surface area contributed by atoms with E-state index in [0.29, 0.717) is 16.9 Å². The lowest BCUT2D eigenvalue weighted by atomic mass is 9.91. The quantitative estimate of drug-likeness (QED) is 0.373. The third kappa shape index (κ3) is 4.59. The zero-order valence-corrected chi connectivity index (χ0v) is 21.7. The van der Waals surface area contributed by atoms with Crippen LogP contribution in [-0.4, -0.2) is 23.2 Å². The first kappa shape index (κ1) is 22.9. The zero-order chi connectivity index (χ0) is 23.1. The Hall–Kier alpha value is -1.86. The number of thiocarbonyl (C=S) groups is 1. The lowest BCUT2D eigenvalue weighted by Gasteiger charge is -2.37. The van der Waals surface area contributed by atoms with Gasteiger partial charge >= 0.3 is 0 Å². The fraction of sp³-hybridized carbons (Fsp3) is 0.360. The highest BCUT2D eigenvalue weighted by molar-refractivity contribution is 7.80. The predicted molar refractivity (Wildman–Crippen MR) is 144 cm³/mol. The molecule has 4 unspecified atom stereocenters. The highest BCUT2D eigenvalue weighted by atomic mass is 35.5. The molecule has 3 aromatic rings. The molecule has 0 saturated carbocycles. The summed E-state index contributed by atoms with van der Waals surface area (Å²) in [5.41, 5.74) is 3.00. The van der Waals surface area contributed by atoms with Gasteiger partial charge in [0, 0.05) is 29.9 Å². The number of pyridine rings is 1. The molecule has 0 aliphatic carbocycles. The maximum Gasteiger partial charge on any atom is 0.174 e. The second-order valence-corrected chi connectivity index (χ2v) is 11.7. The van der Waals surface area contributed by atoms with Crippen molar-refractivity contribution >= 4 is 63.2 Å². The van der Waals surface area contributed by atoms with Crippen molar-refractivity contribution in [1.29, 1.82) is 0 Å². The van der Waals surface area contributed by atoms with Crippen LogP contribution >= 0.6 is 46.8 Å². The van der Waals surface area contributed by atoms with E-state index in [9.17, 15) is 0 Å². The van der Waals surface area contributed by atoms with Crippen LogP contribution in [0.1, 0.15) is 42.9 Å². The Balaban J connectivity index is 1.51. The van der Waals surface area contributed by atoms with Gasteiger partial charge in [-0.3, -0.25) is 4.98 Å². The third-order valence-electron chi connectivity index (χ3n) is 6.40. The number of hydrogen-bond acceptors (Lipinski definition) is 4. The Kier molecular flexibility index (Phi) is 6.54. The van der Waals surface area contributed by atoms with Crippen LogP contribution in [0.15, 0.2) is 54.7 Å². The lowest BCUT2D eigenvalue weighted by molar-refractivity contribution is 0.357. The molecule has 2 aromatic heterocycles. The van der Waals surface area contributed by atoms with E-state index >= 15 is 0 Å². The molecule has 4 atom stereocenters. The number of nitrogens with zero attached hydrogens (tertiary/aromatic N) is 3. The Bertz CT molecular complexity index is 1140. The number of piperidine rings is 1. The molecule has 0 radical (unpaired) electrons. The van der Waals surface area contributed by atoms with Gasteiger partial charge in [0.25, 0.3) is 0 Å². The maximum atomic E-state index is 6.87. The number of benzene rings is 1. The summed E-state index contributed by atoms with van der Waals surface area (Å²) < 4.78 is 0.754. The highest BCUT2D eigenvalue weighted by Gasteiger charge is 2.41. The van der Waals surface area contributed by atoms with Crippen molar-refractivity contribution in [2.45, 2.75) is 32.4 Å². The fourth-order valence-corrected chi connectivity index (χ4v) is 7.00. The summed E-state index contributed by atoms with van der Waals surface area (Å²) in [5, 5.41) is 4.90. The Morgan fingerprint density at radius 1 is 1.06 bits per heavy atom. The standard InChI is InChI=1S/C25H26Cl2N4S2/c1-15-11-16(2)14-30(13-15)20-7-6-17(12-18(20)26)31-24(21-8-9-22(27)33-21)23(29-25(31)32)19-5-3-4-10-28-19/h3-10,12,15-16,23-24H,11,13-14H2,1-2H3,(H,29,32). The van der Waals surface area contributed by atoms with E-state index in [4.69, 9.17) is 35.4 Å². The average Bonchev–Trinajstić information content (AvgIpc) is 3.36. The largest absolute Gasteiger partial charge is 0.370 e. The zero-order valence-electron chi connectivity index (χ0n) is 18.5. The van der Waals surface area contributed by atoms with Gasteiger partial charge in [-0.1, -0.05) is 43.1 Å². The van der Waals surface area contributed by atoms with Gasteiger partial charge in [0.05, 0.1) is 32.8 Å². The normalized spacial score (nSPS) is 25.4. The van der Waals surface area contributed by atoms with Gasteiger partial charge in [0.2, 0.25) is 0 Å². The van der Waals surface area contributed by atoms with Crippen LogP contribution < -0.4 is 15.1 Å². The summed E-state index contributed by atoms with van der Waals surface area (Å²) >= 11 is 20.6. The summed E-state index contributed by atoms with van der Waals surface area (Å²) in [6.45, 7) is 6.69. The molecule has 5 rings (SSSR count). The molecule has 4 nitrogen and oxygen atoms in total. The van der Waals surface area contributed by atoms with Crippen molar-refractivity contribution in [2.75, 3.05) is 22.9 Å². The molecule has 2 fully saturated rings. The van der Waals surface area contributed by atoms with Gasteiger partial charge in [0.15, 0.2) is 5.11 Å². The molecular formula is C25H26Cl2N4S2. The minimum Gasteiger partial charge on any atom is -0.370 e. The van der Waals surface area contributed by atoms with Crippen molar-refractivity contribution in [3.05, 3.63) is 74.7 Å². The van der Waals surface area contributed by atoms with Crippen LogP contribution in [0, 0.1) is 11.8 Å². The third-order valence-corrected chi connectivity index (χ3v) is 8.32. The molecule has 33 heavy (non-hydrogen) atoms. The van der Waals surface area contributed by atoms with Gasteiger partial charge < -0.3 is 15.1 Å². The van der Waals surface area contributed by atoms with Crippen LogP contribution in [-0.2, 0) is 0 Å². The van der Waals surface area contributed by atoms with Crippen molar-refractivity contribution in [3.63, 3.8) is 0 Å². The first-order valence-corrected chi connectivity index (χ1v) is 13.2. The van der Waals surface area contributed by atoms with Crippen LogP contribution in [0.4, 0.5) is 11.4 Å². The molecule has 2 aliphatic heterocycles. The molecule has 1 aromatic carbocycles. The van der Waals surface area contributed by atoms with Gasteiger partial charge in [-0.25, -0.2) is 0 Å². The topological polar surface area (TPSA) is 31.4 Å². The van der Waals surface area contributed by atoms with Gasteiger partial charge in [-0.2, -0.15) is 0 Å². The molecule has 1 N–H and O–H groups in total. The number of aromatic nitrogens is 1. The number of hydrogen-bond donors (Lipinski definition) is 1. The minimum atomic E-state index is -0.0873. The molecule has 2 aliphatic rings. The number of rotatable bonds is 4. The fourth-order valence-electron chi connectivity index (χ4n) is 5.17. The lowest BCUT2D eigenvalue weighted by Crippen LogP contribution is -2.38. The SMILES string of the molecule is CC1CC(C)CN(c2ccc(N3C(=S)NC(c4ccccn4)C3c3ccc(Cl)s3)cc2Cl)C1. The number of anilines is 2. The van der Waals surface area contributed by atoms with Crippen molar-refractivity contribution < 1.29 is 0 Å². The monoisotopic (exact) mass is 516 g/mol. The average molecular weight is 518 g/mol. The smallest absolute Gasteiger partial charge is 0.174 e. The second kappa shape index (κ2) is 9.41. The van der Waals surface area contributed by atoms with Crippen LogP contribution in [0.2, 0.25) is 9.36 Å². The van der Waals surface area contributed by atoms with Crippen LogP contribution in [0.3, 0.4) is 0 Å². The van der Waals surface area contributed by atoms with E-state index in [0.717, 1.165) is 44.4 Å². The Morgan fingerprint density at radius 3 is 2.48 bits per heavy atom. The summed E-state index contributed by atoms with van der Waals surface area (Å²) in [6, 6.07) is 16.1. The summed E-state index contributed by atoms with van der Waals surface area (Å²) in [7, 11) is 0. The van der Waals surface area contributed by atoms with Crippen LogP contribution in [0.5, 0.6) is 0 Å². The van der Waals surface area contributed by atoms with E-state index in [1.807, 2.05) is 36.5 Å². The second-order valence-electron chi connectivity index (χ2n) is 9.13. The van der Waals surface area contributed by atoms with Gasteiger partial charge in [0.1, 0.15) is 0 Å². The molecule has 4 heterocycles. The number of nitrogens with one attached hydrogen (secondary N) is 1. The number of halogens is 2. The van der Waals surface area contributed by atoms with E-state index in [1.165, 1.54) is 6.42 Å². The first-order valence-electron chi connectivity index (χ1n) is 11.2. The van der Waals surface area contributed by atoms with E-state index in [2.05, 4.69) is 52.1 Å². The molecule has 8 heteroatoms. The number of thiophene rings is 1. The van der Waals surface area contributed by atoms with Crippen molar-refractivity contribution in [1.82, 2.24) is 10.3 Å². The minimum absolute atomic E-state index is 0.0677. The summed E-state index contributed by atoms with van der Waals surface area (Å²) in [4.78, 5) is 10.3. The molecule has 172 valence electrons. The van der Waals surface area contributed by atoms with Crippen LogP contribution in [0.25, 0.3) is 0 Å². The molecule has 2 saturated heterocycles. The molecule has 0 bridgehead atoms. The Labute approximate surface area is 214 Å². The van der Waals surface area contributed by atoms with E-state index in [-0.39, 0.29) is 12.1 Å². The summed E-state index contributed by atoms with van der Waals surface area (Å²) in [5.74, 6) is 1.32.